The van der Waals surface area contributed by atoms with Crippen LogP contribution < -0.4 is 0 Å². The van der Waals surface area contributed by atoms with Crippen LogP contribution in [-0.4, -0.2) is 50.2 Å². The van der Waals surface area contributed by atoms with Gasteiger partial charge in [0.2, 0.25) is 11.8 Å². The molecular weight excluding hydrogens is 264 g/mol. The van der Waals surface area contributed by atoms with Crippen molar-refractivity contribution in [3.05, 3.63) is 22.8 Å². The van der Waals surface area contributed by atoms with Crippen molar-refractivity contribution in [1.29, 1.82) is 0 Å². The van der Waals surface area contributed by atoms with Crippen molar-refractivity contribution in [3.63, 3.8) is 0 Å². The summed E-state index contributed by atoms with van der Waals surface area (Å²) in [5.74, 6) is 2.61. The first kappa shape index (κ1) is 17.1. The zero-order valence-electron chi connectivity index (χ0n) is 13.8. The van der Waals surface area contributed by atoms with E-state index in [9.17, 15) is 5.21 Å². The number of hydrogen-bond donors (Lipinski definition) is 1. The van der Waals surface area contributed by atoms with Gasteiger partial charge in [-0.3, -0.25) is 15.1 Å². The van der Waals surface area contributed by atoms with Gasteiger partial charge in [-0.2, -0.15) is 0 Å². The SMILES string of the molecule is C#CCN(C)Cc1nc(C)c(/C=[N+](\O)C(C)(C)C)nc1C. The number of terminal acetylenes is 1. The molecule has 0 fully saturated rings. The van der Waals surface area contributed by atoms with E-state index in [4.69, 9.17) is 6.42 Å². The van der Waals surface area contributed by atoms with Crippen LogP contribution in [0.25, 0.3) is 0 Å². The second kappa shape index (κ2) is 6.68. The van der Waals surface area contributed by atoms with Gasteiger partial charge in [0, 0.05) is 27.3 Å². The van der Waals surface area contributed by atoms with Crippen LogP contribution in [0.1, 0.15) is 43.5 Å². The highest BCUT2D eigenvalue weighted by Gasteiger charge is 2.25. The Morgan fingerprint density at radius 1 is 1.29 bits per heavy atom. The van der Waals surface area contributed by atoms with Crippen molar-refractivity contribution in [1.82, 2.24) is 14.9 Å². The van der Waals surface area contributed by atoms with Gasteiger partial charge >= 0.3 is 0 Å². The lowest BCUT2D eigenvalue weighted by Gasteiger charge is -2.15. The fourth-order valence-electron chi connectivity index (χ4n) is 1.72. The van der Waals surface area contributed by atoms with E-state index in [0.717, 1.165) is 21.8 Å². The first-order valence-corrected chi connectivity index (χ1v) is 6.94. The maximum Gasteiger partial charge on any atom is 0.243 e. The molecule has 0 atom stereocenters. The van der Waals surface area contributed by atoms with Gasteiger partial charge in [0.1, 0.15) is 0 Å². The van der Waals surface area contributed by atoms with Gasteiger partial charge in [-0.15, -0.1) is 6.42 Å². The number of rotatable bonds is 4. The lowest BCUT2D eigenvalue weighted by Crippen LogP contribution is -2.31. The first-order valence-electron chi connectivity index (χ1n) is 6.94. The summed E-state index contributed by atoms with van der Waals surface area (Å²) in [7, 11) is 1.95. The third kappa shape index (κ3) is 4.83. The summed E-state index contributed by atoms with van der Waals surface area (Å²) < 4.78 is 1.16. The average molecular weight is 289 g/mol. The molecule has 0 saturated heterocycles. The van der Waals surface area contributed by atoms with Crippen LogP contribution >= 0.6 is 0 Å². The Kier molecular flexibility index (Phi) is 5.45. The van der Waals surface area contributed by atoms with Crippen molar-refractivity contribution in [2.24, 2.45) is 0 Å². The number of nitrogens with zero attached hydrogens (tertiary/aromatic N) is 4. The largest absolute Gasteiger partial charge is 0.290 e. The summed E-state index contributed by atoms with van der Waals surface area (Å²) in [6, 6.07) is 0. The van der Waals surface area contributed by atoms with E-state index in [1.807, 2.05) is 46.6 Å². The van der Waals surface area contributed by atoms with Crippen LogP contribution in [0.15, 0.2) is 0 Å². The highest BCUT2D eigenvalue weighted by atomic mass is 16.5. The topological polar surface area (TPSA) is 52.3 Å². The summed E-state index contributed by atoms with van der Waals surface area (Å²) in [5.41, 5.74) is 2.83. The molecule has 0 radical (unpaired) electrons. The zero-order valence-corrected chi connectivity index (χ0v) is 13.8. The van der Waals surface area contributed by atoms with Gasteiger partial charge in [0.05, 0.1) is 23.6 Å². The fraction of sp³-hybridized carbons (Fsp3) is 0.562. The minimum Gasteiger partial charge on any atom is -0.290 e. The van der Waals surface area contributed by atoms with Crippen LogP contribution in [0.4, 0.5) is 0 Å². The zero-order chi connectivity index (χ0) is 16.2. The minimum absolute atomic E-state index is 0.381. The number of aromatic nitrogens is 2. The molecule has 1 aromatic heterocycles. The van der Waals surface area contributed by atoms with E-state index < -0.39 is 0 Å². The van der Waals surface area contributed by atoms with E-state index in [2.05, 4.69) is 15.9 Å². The van der Waals surface area contributed by atoms with E-state index >= 15 is 0 Å². The van der Waals surface area contributed by atoms with Crippen molar-refractivity contribution in [2.45, 2.75) is 46.7 Å². The molecule has 0 aromatic carbocycles. The van der Waals surface area contributed by atoms with Gasteiger partial charge in [-0.25, -0.2) is 4.98 Å². The Morgan fingerprint density at radius 3 is 2.43 bits per heavy atom. The molecule has 1 rings (SSSR count). The Hall–Kier alpha value is -1.93. The number of hydroxylamine groups is 1. The highest BCUT2D eigenvalue weighted by molar-refractivity contribution is 5.74. The van der Waals surface area contributed by atoms with Crippen LogP contribution in [0.3, 0.4) is 0 Å². The first-order chi connectivity index (χ1) is 9.65. The quantitative estimate of drug-likeness (QED) is 0.302. The molecule has 1 N–H and O–H groups in total. The molecule has 5 nitrogen and oxygen atoms in total. The van der Waals surface area contributed by atoms with Crippen molar-refractivity contribution in [3.8, 4) is 12.3 Å². The van der Waals surface area contributed by atoms with Crippen molar-refractivity contribution >= 4 is 6.21 Å². The van der Waals surface area contributed by atoms with Crippen LogP contribution in [0.2, 0.25) is 0 Å². The van der Waals surface area contributed by atoms with E-state index in [1.54, 1.807) is 6.21 Å². The van der Waals surface area contributed by atoms with E-state index in [0.29, 0.717) is 18.8 Å². The summed E-state index contributed by atoms with van der Waals surface area (Å²) >= 11 is 0. The molecule has 0 amide bonds. The Balaban J connectivity index is 3.09. The molecule has 0 unspecified atom stereocenters. The normalized spacial score (nSPS) is 12.6. The van der Waals surface area contributed by atoms with Gasteiger partial charge < -0.3 is 0 Å². The van der Waals surface area contributed by atoms with Crippen LogP contribution in [-0.2, 0) is 6.54 Å². The Bertz CT molecular complexity index is 579. The van der Waals surface area contributed by atoms with E-state index in [1.165, 1.54) is 0 Å². The van der Waals surface area contributed by atoms with E-state index in [-0.39, 0.29) is 5.54 Å². The summed E-state index contributed by atoms with van der Waals surface area (Å²) in [6.07, 6.45) is 6.92. The smallest absolute Gasteiger partial charge is 0.243 e. The van der Waals surface area contributed by atoms with Crippen molar-refractivity contribution < 1.29 is 9.95 Å². The molecule has 0 bridgehead atoms. The third-order valence-electron chi connectivity index (χ3n) is 3.09. The monoisotopic (exact) mass is 289 g/mol. The van der Waals surface area contributed by atoms with Gasteiger partial charge in [-0.05, 0) is 25.6 Å². The van der Waals surface area contributed by atoms with Gasteiger partial charge in [-0.1, -0.05) is 5.92 Å². The molecule has 0 aliphatic heterocycles. The molecule has 0 spiro atoms. The maximum atomic E-state index is 10.0. The maximum absolute atomic E-state index is 10.0. The lowest BCUT2D eigenvalue weighted by molar-refractivity contribution is -0.816. The molecule has 5 heteroatoms. The molecule has 1 aromatic rings. The molecule has 0 aliphatic carbocycles. The minimum atomic E-state index is -0.381. The predicted molar refractivity (Wildman–Crippen MR) is 83.6 cm³/mol. The summed E-state index contributed by atoms with van der Waals surface area (Å²) in [6.45, 7) is 10.8. The molecule has 0 aliphatic rings. The number of hydrogen-bond acceptors (Lipinski definition) is 4. The fourth-order valence-corrected chi connectivity index (χ4v) is 1.72. The number of aryl methyl sites for hydroxylation is 2. The highest BCUT2D eigenvalue weighted by Crippen LogP contribution is 2.10. The van der Waals surface area contributed by atoms with Crippen LogP contribution in [0, 0.1) is 26.2 Å². The van der Waals surface area contributed by atoms with Gasteiger partial charge in [0.15, 0.2) is 5.69 Å². The molecule has 114 valence electrons. The second-order valence-corrected chi connectivity index (χ2v) is 6.25. The third-order valence-corrected chi connectivity index (χ3v) is 3.09. The average Bonchev–Trinajstić information content (AvgIpc) is 2.34. The molecule has 21 heavy (non-hydrogen) atoms. The van der Waals surface area contributed by atoms with Crippen molar-refractivity contribution in [2.75, 3.05) is 13.6 Å². The van der Waals surface area contributed by atoms with Crippen LogP contribution in [0.5, 0.6) is 0 Å². The van der Waals surface area contributed by atoms with Gasteiger partial charge in [0.25, 0.3) is 0 Å². The molecule has 0 saturated carbocycles. The predicted octanol–water partition coefficient (Wildman–Crippen LogP) is 1.78. The second-order valence-electron chi connectivity index (χ2n) is 6.25. The standard InChI is InChI=1S/C16H25N4O/c1-8-9-19(7)10-14-12(2)18-15(13(3)17-14)11-20(21)16(4,5)6/h1,11,21H,9-10H2,2-7H3/q+1. The Labute approximate surface area is 127 Å². The summed E-state index contributed by atoms with van der Waals surface area (Å²) in [5, 5.41) is 10.0. The molecular formula is C16H25N4O+. The summed E-state index contributed by atoms with van der Waals surface area (Å²) in [4.78, 5) is 11.1. The molecule has 1 heterocycles. The Morgan fingerprint density at radius 2 is 1.90 bits per heavy atom. The lowest BCUT2D eigenvalue weighted by atomic mass is 10.1.